The standard InChI is InChI=1S/C16H16N4O2/c1-18-20-16-7-11(2-4-13-8-21-13)15(19-10-17)6-12(16)3-5-14-9-22-14/h6-7,13-14H,2-5,8-9H2/b19-15-,20-16-. The Morgan fingerprint density at radius 2 is 1.68 bits per heavy atom. The summed E-state index contributed by atoms with van der Waals surface area (Å²) in [7, 11) is 0. The van der Waals surface area contributed by atoms with Crippen LogP contribution >= 0.6 is 0 Å². The van der Waals surface area contributed by atoms with Gasteiger partial charge in [-0.3, -0.25) is 0 Å². The molecule has 2 unspecified atom stereocenters. The van der Waals surface area contributed by atoms with E-state index in [0.29, 0.717) is 23.6 Å². The highest BCUT2D eigenvalue weighted by Crippen LogP contribution is 2.27. The second-order valence-electron chi connectivity index (χ2n) is 5.51. The lowest BCUT2D eigenvalue weighted by Crippen LogP contribution is -2.14. The number of ether oxygens (including phenoxy) is 2. The maximum atomic E-state index is 8.89. The highest BCUT2D eigenvalue weighted by molar-refractivity contribution is 6.24. The topological polar surface area (TPSA) is 77.9 Å². The molecular weight excluding hydrogens is 280 g/mol. The van der Waals surface area contributed by atoms with Crippen LogP contribution in [0.4, 0.5) is 0 Å². The fourth-order valence-electron chi connectivity index (χ4n) is 2.47. The van der Waals surface area contributed by atoms with Gasteiger partial charge >= 0.3 is 0 Å². The van der Waals surface area contributed by atoms with Crippen molar-refractivity contribution < 1.29 is 9.47 Å². The van der Waals surface area contributed by atoms with Crippen molar-refractivity contribution in [2.75, 3.05) is 13.2 Å². The number of allylic oxidation sites excluding steroid dienone is 4. The SMILES string of the molecule is [C-]#[N+]/N=C1C=C(CCC2CO2)/C(=N\C#N)C=C/1CCC1CO1. The van der Waals surface area contributed by atoms with Crippen molar-refractivity contribution in [3.05, 3.63) is 34.8 Å². The summed E-state index contributed by atoms with van der Waals surface area (Å²) in [6.45, 7) is 8.61. The van der Waals surface area contributed by atoms with Crippen molar-refractivity contribution >= 4 is 11.4 Å². The molecule has 2 aliphatic heterocycles. The van der Waals surface area contributed by atoms with Crippen LogP contribution in [-0.2, 0) is 9.47 Å². The molecule has 6 nitrogen and oxygen atoms in total. The maximum absolute atomic E-state index is 8.89. The summed E-state index contributed by atoms with van der Waals surface area (Å²) in [6, 6.07) is 0. The van der Waals surface area contributed by atoms with Gasteiger partial charge in [0.05, 0.1) is 36.2 Å². The average Bonchev–Trinajstić information content (AvgIpc) is 3.39. The monoisotopic (exact) mass is 296 g/mol. The minimum atomic E-state index is 0.322. The molecule has 112 valence electrons. The second-order valence-corrected chi connectivity index (χ2v) is 5.51. The summed E-state index contributed by atoms with van der Waals surface area (Å²) in [4.78, 5) is 7.08. The Balaban J connectivity index is 1.78. The van der Waals surface area contributed by atoms with Gasteiger partial charge in [-0.2, -0.15) is 16.8 Å². The van der Waals surface area contributed by atoms with Gasteiger partial charge in [0, 0.05) is 0 Å². The molecule has 2 heterocycles. The average molecular weight is 296 g/mol. The Morgan fingerprint density at radius 1 is 1.14 bits per heavy atom. The maximum Gasteiger partial charge on any atom is 0.206 e. The summed E-state index contributed by atoms with van der Waals surface area (Å²) in [5.41, 5.74) is 3.26. The molecule has 3 aliphatic rings. The molecule has 2 saturated heterocycles. The summed E-state index contributed by atoms with van der Waals surface area (Å²) in [5, 5.41) is 12.8. The number of aliphatic imine (C=N–C) groups is 1. The molecule has 0 amide bonds. The van der Waals surface area contributed by atoms with Crippen LogP contribution in [0.5, 0.6) is 0 Å². The first-order chi connectivity index (χ1) is 10.8. The number of epoxide rings is 2. The Kier molecular flexibility index (Phi) is 4.43. The van der Waals surface area contributed by atoms with Crippen LogP contribution in [0, 0.1) is 18.0 Å². The third kappa shape index (κ3) is 3.88. The largest absolute Gasteiger partial charge is 0.373 e. The van der Waals surface area contributed by atoms with E-state index < -0.39 is 0 Å². The van der Waals surface area contributed by atoms with Crippen molar-refractivity contribution in [1.29, 1.82) is 5.26 Å². The van der Waals surface area contributed by atoms with E-state index in [-0.39, 0.29) is 0 Å². The first-order valence-corrected chi connectivity index (χ1v) is 7.36. The Bertz CT molecular complexity index is 595. The normalized spacial score (nSPS) is 29.5. The van der Waals surface area contributed by atoms with E-state index in [4.69, 9.17) is 21.3 Å². The van der Waals surface area contributed by atoms with Crippen LogP contribution < -0.4 is 0 Å². The molecule has 0 aromatic carbocycles. The first-order valence-electron chi connectivity index (χ1n) is 7.36. The molecule has 0 bridgehead atoms. The number of nitrogens with zero attached hydrogens (tertiary/aromatic N) is 4. The second kappa shape index (κ2) is 6.65. The molecule has 22 heavy (non-hydrogen) atoms. The Labute approximate surface area is 129 Å². The predicted molar refractivity (Wildman–Crippen MR) is 81.2 cm³/mol. The number of nitriles is 1. The Morgan fingerprint density at radius 3 is 2.18 bits per heavy atom. The van der Waals surface area contributed by atoms with Crippen molar-refractivity contribution in [3.8, 4) is 6.19 Å². The van der Waals surface area contributed by atoms with E-state index in [1.54, 1.807) is 0 Å². The lowest BCUT2D eigenvalue weighted by molar-refractivity contribution is 0.397. The molecule has 1 aliphatic carbocycles. The summed E-state index contributed by atoms with van der Waals surface area (Å²) in [6.07, 6.45) is 9.64. The van der Waals surface area contributed by atoms with E-state index in [9.17, 15) is 0 Å². The molecule has 2 atom stereocenters. The zero-order valence-corrected chi connectivity index (χ0v) is 12.2. The molecule has 3 rings (SSSR count). The molecule has 0 N–H and O–H groups in total. The van der Waals surface area contributed by atoms with Crippen molar-refractivity contribution in [1.82, 2.24) is 0 Å². The van der Waals surface area contributed by atoms with E-state index in [1.807, 2.05) is 18.3 Å². The van der Waals surface area contributed by atoms with E-state index >= 15 is 0 Å². The van der Waals surface area contributed by atoms with Gasteiger partial charge in [-0.05, 0) is 49.0 Å². The number of hydrogen-bond acceptors (Lipinski definition) is 5. The fraction of sp³-hybridized carbons (Fsp3) is 0.500. The highest BCUT2D eigenvalue weighted by atomic mass is 16.6. The van der Waals surface area contributed by atoms with Crippen molar-refractivity contribution in [3.63, 3.8) is 0 Å². The van der Waals surface area contributed by atoms with Crippen LogP contribution in [-0.4, -0.2) is 36.8 Å². The van der Waals surface area contributed by atoms with Crippen LogP contribution in [0.15, 0.2) is 33.4 Å². The molecule has 0 spiro atoms. The zero-order chi connectivity index (χ0) is 15.4. The molecule has 0 aromatic heterocycles. The first kappa shape index (κ1) is 14.6. The van der Waals surface area contributed by atoms with Gasteiger partial charge in [0.15, 0.2) is 0 Å². The minimum Gasteiger partial charge on any atom is -0.373 e. The zero-order valence-electron chi connectivity index (χ0n) is 12.2. The van der Waals surface area contributed by atoms with Gasteiger partial charge in [0.2, 0.25) is 6.19 Å². The minimum absolute atomic E-state index is 0.322. The van der Waals surface area contributed by atoms with Crippen LogP contribution in [0.25, 0.3) is 4.95 Å². The van der Waals surface area contributed by atoms with Gasteiger partial charge in [-0.1, -0.05) is 0 Å². The lowest BCUT2D eigenvalue weighted by Gasteiger charge is -2.15. The van der Waals surface area contributed by atoms with Gasteiger partial charge in [-0.25, -0.2) is 0 Å². The molecule has 0 radical (unpaired) electrons. The van der Waals surface area contributed by atoms with E-state index in [1.165, 1.54) is 0 Å². The molecule has 0 aromatic rings. The van der Waals surface area contributed by atoms with E-state index in [0.717, 1.165) is 50.0 Å². The fourth-order valence-corrected chi connectivity index (χ4v) is 2.47. The molecule has 6 heteroatoms. The molecular formula is C16H16N4O2. The van der Waals surface area contributed by atoms with Crippen molar-refractivity contribution in [2.45, 2.75) is 37.9 Å². The summed E-state index contributed by atoms with van der Waals surface area (Å²) in [5.74, 6) is 0. The summed E-state index contributed by atoms with van der Waals surface area (Å²) < 4.78 is 10.4. The number of hydrogen-bond donors (Lipinski definition) is 0. The number of rotatable bonds is 6. The Hall–Kier alpha value is -2.28. The predicted octanol–water partition coefficient (Wildman–Crippen LogP) is 2.41. The molecule has 2 fully saturated rings. The summed E-state index contributed by atoms with van der Waals surface area (Å²) >= 11 is 0. The van der Waals surface area contributed by atoms with E-state index in [2.05, 4.69) is 15.0 Å². The van der Waals surface area contributed by atoms with Gasteiger partial charge in [0.1, 0.15) is 5.71 Å². The van der Waals surface area contributed by atoms with Gasteiger partial charge in [-0.15, -0.1) is 4.95 Å². The lowest BCUT2D eigenvalue weighted by atomic mass is 9.90. The third-order valence-corrected chi connectivity index (χ3v) is 3.88. The van der Waals surface area contributed by atoms with Crippen LogP contribution in [0.2, 0.25) is 0 Å². The van der Waals surface area contributed by atoms with Crippen molar-refractivity contribution in [2.24, 2.45) is 10.1 Å². The smallest absolute Gasteiger partial charge is 0.206 e. The molecule has 0 saturated carbocycles. The van der Waals surface area contributed by atoms with Crippen LogP contribution in [0.3, 0.4) is 0 Å². The third-order valence-electron chi connectivity index (χ3n) is 3.88. The van der Waals surface area contributed by atoms with Crippen LogP contribution in [0.1, 0.15) is 25.7 Å². The quantitative estimate of drug-likeness (QED) is 0.248. The van der Waals surface area contributed by atoms with Gasteiger partial charge in [0.25, 0.3) is 0 Å². The van der Waals surface area contributed by atoms with Gasteiger partial charge < -0.3 is 9.47 Å². The highest BCUT2D eigenvalue weighted by Gasteiger charge is 2.27.